The van der Waals surface area contributed by atoms with E-state index in [1.54, 1.807) is 42.3 Å². The lowest BCUT2D eigenvalue weighted by molar-refractivity contribution is -0.134. The second-order valence-corrected chi connectivity index (χ2v) is 7.43. The third-order valence-electron chi connectivity index (χ3n) is 4.69. The molecule has 1 heterocycles. The molecule has 0 fully saturated rings. The number of nitrogens with one attached hydrogen (secondary N) is 1. The maximum atomic E-state index is 12.9. The number of aryl methyl sites for hydroxylation is 2. The summed E-state index contributed by atoms with van der Waals surface area (Å²) in [5.41, 5.74) is 2.06. The lowest BCUT2D eigenvalue weighted by Gasteiger charge is -2.22. The van der Waals surface area contributed by atoms with Crippen LogP contribution >= 0.6 is 11.6 Å². The Kier molecular flexibility index (Phi) is 7.07. The van der Waals surface area contributed by atoms with Crippen molar-refractivity contribution in [1.29, 1.82) is 0 Å². The number of benzene rings is 2. The van der Waals surface area contributed by atoms with Gasteiger partial charge in [0.25, 0.3) is 11.5 Å². The number of amides is 1. The first-order valence-electron chi connectivity index (χ1n) is 9.53. The molecule has 1 amide bonds. The van der Waals surface area contributed by atoms with Crippen LogP contribution in [-0.2, 0) is 16.1 Å². The Hall–Kier alpha value is -2.90. The second-order valence-electron chi connectivity index (χ2n) is 7.00. The largest absolute Gasteiger partial charge is 0.483 e. The van der Waals surface area contributed by atoms with Crippen LogP contribution in [0.25, 0.3) is 10.9 Å². The fourth-order valence-electron chi connectivity index (χ4n) is 3.23. The second kappa shape index (κ2) is 9.73. The number of carbonyl (C=O) groups excluding carboxylic acids is 1. The van der Waals surface area contributed by atoms with Crippen LogP contribution in [0.4, 0.5) is 0 Å². The molecule has 0 saturated heterocycles. The van der Waals surface area contributed by atoms with Crippen molar-refractivity contribution in [1.82, 2.24) is 14.9 Å². The average Bonchev–Trinajstić information content (AvgIpc) is 2.70. The maximum absolute atomic E-state index is 12.9. The van der Waals surface area contributed by atoms with Gasteiger partial charge in [-0.05, 0) is 49.2 Å². The Balaban J connectivity index is 1.77. The zero-order valence-corrected chi connectivity index (χ0v) is 18.0. The first-order valence-corrected chi connectivity index (χ1v) is 9.91. The zero-order chi connectivity index (χ0) is 21.7. The van der Waals surface area contributed by atoms with E-state index in [1.807, 2.05) is 19.9 Å². The van der Waals surface area contributed by atoms with E-state index in [1.165, 1.54) is 0 Å². The van der Waals surface area contributed by atoms with E-state index >= 15 is 0 Å². The van der Waals surface area contributed by atoms with Gasteiger partial charge in [-0.3, -0.25) is 9.59 Å². The van der Waals surface area contributed by atoms with E-state index in [4.69, 9.17) is 21.1 Å². The zero-order valence-electron chi connectivity index (χ0n) is 17.2. The van der Waals surface area contributed by atoms with Crippen LogP contribution in [0.3, 0.4) is 0 Å². The van der Waals surface area contributed by atoms with Crippen LogP contribution in [0.5, 0.6) is 5.75 Å². The molecule has 1 aromatic heterocycles. The molecule has 0 saturated carbocycles. The molecule has 2 aromatic carbocycles. The van der Waals surface area contributed by atoms with E-state index in [9.17, 15) is 9.59 Å². The minimum absolute atomic E-state index is 0.143. The normalized spacial score (nSPS) is 10.9. The van der Waals surface area contributed by atoms with Crippen LogP contribution in [-0.4, -0.2) is 47.6 Å². The molecule has 0 aliphatic heterocycles. The third kappa shape index (κ3) is 5.17. The molecule has 1 N–H and O–H groups in total. The number of para-hydroxylation sites is 1. The summed E-state index contributed by atoms with van der Waals surface area (Å²) in [5.74, 6) is 0.801. The summed E-state index contributed by atoms with van der Waals surface area (Å²) < 4.78 is 10.9. The summed E-state index contributed by atoms with van der Waals surface area (Å²) >= 11 is 6.06. The van der Waals surface area contributed by atoms with E-state index < -0.39 is 0 Å². The molecule has 8 heteroatoms. The standard InChI is InChI=1S/C22H24ClN3O4/c1-14-10-16(23)11-15(2)21(14)30-13-20(27)26(8-9-29-3)12-19-24-18-7-5-4-6-17(18)22(28)25-19/h4-7,10-11H,8-9,12-13H2,1-3H3,(H,24,25,28). The number of hydrogen-bond donors (Lipinski definition) is 1. The molecule has 0 radical (unpaired) electrons. The molecule has 0 aliphatic carbocycles. The number of methoxy groups -OCH3 is 1. The number of H-pyrrole nitrogens is 1. The molecule has 0 unspecified atom stereocenters. The summed E-state index contributed by atoms with van der Waals surface area (Å²) in [6.45, 7) is 4.45. The number of hydrogen-bond acceptors (Lipinski definition) is 5. The number of aromatic amines is 1. The molecule has 7 nitrogen and oxygen atoms in total. The van der Waals surface area contributed by atoms with Gasteiger partial charge in [0, 0.05) is 18.7 Å². The SMILES string of the molecule is COCCN(Cc1nc2ccccc2c(=O)[nH]1)C(=O)COc1c(C)cc(Cl)cc1C. The summed E-state index contributed by atoms with van der Waals surface area (Å²) in [4.78, 5) is 34.0. The van der Waals surface area contributed by atoms with Crippen LogP contribution in [0.2, 0.25) is 5.02 Å². The van der Waals surface area contributed by atoms with Crippen LogP contribution in [0.1, 0.15) is 17.0 Å². The van der Waals surface area contributed by atoms with Gasteiger partial charge in [0.05, 0.1) is 24.1 Å². The molecule has 3 rings (SSSR count). The van der Waals surface area contributed by atoms with E-state index in [0.29, 0.717) is 40.7 Å². The molecular weight excluding hydrogens is 406 g/mol. The number of halogens is 1. The number of fused-ring (bicyclic) bond motifs is 1. The Bertz CT molecular complexity index is 1090. The predicted molar refractivity (Wildman–Crippen MR) is 116 cm³/mol. The van der Waals surface area contributed by atoms with Gasteiger partial charge in [-0.2, -0.15) is 0 Å². The summed E-state index contributed by atoms with van der Waals surface area (Å²) in [6.07, 6.45) is 0. The van der Waals surface area contributed by atoms with Gasteiger partial charge in [0.2, 0.25) is 0 Å². The molecule has 0 spiro atoms. The third-order valence-corrected chi connectivity index (χ3v) is 4.90. The minimum atomic E-state index is -0.239. The molecule has 0 bridgehead atoms. The number of aromatic nitrogens is 2. The fourth-order valence-corrected chi connectivity index (χ4v) is 3.56. The van der Waals surface area contributed by atoms with Crippen molar-refractivity contribution < 1.29 is 14.3 Å². The van der Waals surface area contributed by atoms with E-state index in [2.05, 4.69) is 9.97 Å². The Labute approximate surface area is 179 Å². The highest BCUT2D eigenvalue weighted by Gasteiger charge is 2.18. The smallest absolute Gasteiger partial charge is 0.260 e. The molecule has 158 valence electrons. The Morgan fingerprint density at radius 1 is 1.20 bits per heavy atom. The van der Waals surface area contributed by atoms with Crippen molar-refractivity contribution in [2.24, 2.45) is 0 Å². The van der Waals surface area contributed by atoms with Crippen molar-refractivity contribution in [2.75, 3.05) is 26.9 Å². The van der Waals surface area contributed by atoms with Crippen molar-refractivity contribution >= 4 is 28.4 Å². The van der Waals surface area contributed by atoms with Gasteiger partial charge >= 0.3 is 0 Å². The van der Waals surface area contributed by atoms with Crippen LogP contribution in [0, 0.1) is 13.8 Å². The summed E-state index contributed by atoms with van der Waals surface area (Å²) in [5, 5.41) is 1.13. The highest BCUT2D eigenvalue weighted by atomic mass is 35.5. The summed E-state index contributed by atoms with van der Waals surface area (Å²) in [7, 11) is 1.57. The topological polar surface area (TPSA) is 84.5 Å². The Morgan fingerprint density at radius 3 is 2.60 bits per heavy atom. The van der Waals surface area contributed by atoms with Crippen molar-refractivity contribution in [3.63, 3.8) is 0 Å². The molecule has 0 atom stereocenters. The van der Waals surface area contributed by atoms with Crippen molar-refractivity contribution in [2.45, 2.75) is 20.4 Å². The number of nitrogens with zero attached hydrogens (tertiary/aromatic N) is 2. The van der Waals surface area contributed by atoms with Crippen LogP contribution < -0.4 is 10.3 Å². The minimum Gasteiger partial charge on any atom is -0.483 e. The predicted octanol–water partition coefficient (Wildman–Crippen LogP) is 3.25. The van der Waals surface area contributed by atoms with Gasteiger partial charge in [0.1, 0.15) is 11.6 Å². The maximum Gasteiger partial charge on any atom is 0.260 e. The van der Waals surface area contributed by atoms with Crippen molar-refractivity contribution in [3.05, 3.63) is 68.7 Å². The summed E-state index contributed by atoms with van der Waals surface area (Å²) in [6, 6.07) is 10.7. The monoisotopic (exact) mass is 429 g/mol. The fraction of sp³-hybridized carbons (Fsp3) is 0.318. The Morgan fingerprint density at radius 2 is 1.90 bits per heavy atom. The van der Waals surface area contributed by atoms with Gasteiger partial charge in [0.15, 0.2) is 6.61 Å². The van der Waals surface area contributed by atoms with E-state index in [0.717, 1.165) is 11.1 Å². The van der Waals surface area contributed by atoms with Gasteiger partial charge in [-0.25, -0.2) is 4.98 Å². The van der Waals surface area contributed by atoms with Gasteiger partial charge in [-0.1, -0.05) is 23.7 Å². The first kappa shape index (κ1) is 21.8. The first-order chi connectivity index (χ1) is 14.4. The highest BCUT2D eigenvalue weighted by Crippen LogP contribution is 2.27. The number of ether oxygens (including phenoxy) is 2. The van der Waals surface area contributed by atoms with E-state index in [-0.39, 0.29) is 24.6 Å². The van der Waals surface area contributed by atoms with Gasteiger partial charge < -0.3 is 19.4 Å². The quantitative estimate of drug-likeness (QED) is 0.594. The molecule has 0 aliphatic rings. The lowest BCUT2D eigenvalue weighted by Crippen LogP contribution is -2.37. The molecular formula is C22H24ClN3O4. The number of rotatable bonds is 8. The number of carbonyl (C=O) groups is 1. The van der Waals surface area contributed by atoms with Gasteiger partial charge in [-0.15, -0.1) is 0 Å². The molecule has 3 aromatic rings. The average molecular weight is 430 g/mol. The van der Waals surface area contributed by atoms with Crippen molar-refractivity contribution in [3.8, 4) is 5.75 Å². The lowest BCUT2D eigenvalue weighted by atomic mass is 10.1. The molecule has 30 heavy (non-hydrogen) atoms. The van der Waals surface area contributed by atoms with Crippen LogP contribution in [0.15, 0.2) is 41.2 Å². The highest BCUT2D eigenvalue weighted by molar-refractivity contribution is 6.30.